The molecule has 0 fully saturated rings. The number of halogens is 1. The van der Waals surface area contributed by atoms with Gasteiger partial charge in [0.15, 0.2) is 12.7 Å². The smallest absolute Gasteiger partial charge is 0.344 e. The number of carbonyl (C=O) groups is 2. The van der Waals surface area contributed by atoms with Crippen LogP contribution in [0.25, 0.3) is 0 Å². The van der Waals surface area contributed by atoms with E-state index in [-0.39, 0.29) is 23.0 Å². The monoisotopic (exact) mass is 408 g/mol. The van der Waals surface area contributed by atoms with Crippen LogP contribution in [0.15, 0.2) is 42.5 Å². The second kappa shape index (κ2) is 9.56. The Hall–Kier alpha value is -3.33. The third-order valence-corrected chi connectivity index (χ3v) is 3.83. The van der Waals surface area contributed by atoms with Gasteiger partial charge in [0.2, 0.25) is 0 Å². The third kappa shape index (κ3) is 5.85. The van der Waals surface area contributed by atoms with Crippen molar-refractivity contribution in [1.82, 2.24) is 0 Å². The number of hydrogen-bond donors (Lipinski definition) is 1. The number of methoxy groups -OCH3 is 1. The quantitative estimate of drug-likeness (QED) is 0.405. The van der Waals surface area contributed by atoms with Gasteiger partial charge in [0.25, 0.3) is 11.6 Å². The summed E-state index contributed by atoms with van der Waals surface area (Å²) in [6.07, 6.45) is -1.13. The van der Waals surface area contributed by atoms with E-state index < -0.39 is 22.9 Å². The highest BCUT2D eigenvalue weighted by molar-refractivity contribution is 6.34. The van der Waals surface area contributed by atoms with Gasteiger partial charge in [0, 0.05) is 12.1 Å². The molecule has 0 aromatic heterocycles. The molecule has 0 spiro atoms. The van der Waals surface area contributed by atoms with Gasteiger partial charge in [0.05, 0.1) is 22.7 Å². The minimum atomic E-state index is -1.13. The van der Waals surface area contributed by atoms with Crippen LogP contribution in [0.5, 0.6) is 11.5 Å². The minimum absolute atomic E-state index is 0.0103. The zero-order valence-electron chi connectivity index (χ0n) is 15.0. The molecule has 0 saturated heterocycles. The molecule has 0 radical (unpaired) electrons. The maximum Gasteiger partial charge on any atom is 0.344 e. The lowest BCUT2D eigenvalue weighted by atomic mass is 10.2. The number of nitrogens with zero attached hydrogens (tertiary/aromatic N) is 1. The lowest BCUT2D eigenvalue weighted by molar-refractivity contribution is -0.384. The van der Waals surface area contributed by atoms with Gasteiger partial charge in [-0.1, -0.05) is 11.6 Å². The van der Waals surface area contributed by atoms with Gasteiger partial charge >= 0.3 is 5.97 Å². The second-order valence-electron chi connectivity index (χ2n) is 5.51. The van der Waals surface area contributed by atoms with E-state index in [0.717, 1.165) is 6.07 Å². The number of nitrogens with one attached hydrogen (secondary N) is 1. The van der Waals surface area contributed by atoms with Gasteiger partial charge in [-0.2, -0.15) is 0 Å². The Morgan fingerprint density at radius 1 is 1.18 bits per heavy atom. The number of benzene rings is 2. The number of hydrogen-bond acceptors (Lipinski definition) is 7. The topological polar surface area (TPSA) is 117 Å². The summed E-state index contributed by atoms with van der Waals surface area (Å²) in [5.41, 5.74) is -0.0483. The zero-order chi connectivity index (χ0) is 20.7. The molecule has 1 N–H and O–H groups in total. The molecule has 9 nitrogen and oxygen atoms in total. The van der Waals surface area contributed by atoms with E-state index in [0.29, 0.717) is 11.5 Å². The fourth-order valence-corrected chi connectivity index (χ4v) is 2.27. The Bertz CT molecular complexity index is 871. The fourth-order valence-electron chi connectivity index (χ4n) is 2.05. The molecular formula is C18H17ClN2O7. The predicted octanol–water partition coefficient (Wildman–Crippen LogP) is 3.21. The van der Waals surface area contributed by atoms with Crippen molar-refractivity contribution < 1.29 is 28.7 Å². The number of rotatable bonds is 8. The van der Waals surface area contributed by atoms with Crippen LogP contribution in [-0.4, -0.2) is 36.6 Å². The van der Waals surface area contributed by atoms with Crippen molar-refractivity contribution in [2.45, 2.75) is 13.0 Å². The van der Waals surface area contributed by atoms with Crippen molar-refractivity contribution >= 4 is 34.9 Å². The summed E-state index contributed by atoms with van der Waals surface area (Å²) in [6.45, 7) is 0.988. The Labute approximate surface area is 165 Å². The first kappa shape index (κ1) is 21.0. The van der Waals surface area contributed by atoms with E-state index in [2.05, 4.69) is 5.32 Å². The summed E-state index contributed by atoms with van der Waals surface area (Å²) in [7, 11) is 1.53. The lowest BCUT2D eigenvalue weighted by Gasteiger charge is -2.14. The summed E-state index contributed by atoms with van der Waals surface area (Å²) >= 11 is 5.91. The molecule has 0 aliphatic rings. The Morgan fingerprint density at radius 3 is 2.39 bits per heavy atom. The largest absolute Gasteiger partial charge is 0.497 e. The first-order valence-corrected chi connectivity index (χ1v) is 8.39. The Balaban J connectivity index is 1.85. The molecule has 2 aromatic rings. The Kier molecular flexibility index (Phi) is 7.16. The van der Waals surface area contributed by atoms with Crippen LogP contribution in [0.1, 0.15) is 6.92 Å². The summed E-state index contributed by atoms with van der Waals surface area (Å²) in [4.78, 5) is 34.1. The molecule has 0 heterocycles. The van der Waals surface area contributed by atoms with E-state index in [4.69, 9.17) is 25.8 Å². The van der Waals surface area contributed by atoms with Crippen molar-refractivity contribution in [3.63, 3.8) is 0 Å². The molecule has 0 bridgehead atoms. The van der Waals surface area contributed by atoms with Crippen LogP contribution in [0.2, 0.25) is 5.02 Å². The van der Waals surface area contributed by atoms with Crippen molar-refractivity contribution in [1.29, 1.82) is 0 Å². The van der Waals surface area contributed by atoms with Gasteiger partial charge in [-0.05, 0) is 37.3 Å². The number of esters is 1. The summed E-state index contributed by atoms with van der Waals surface area (Å²) < 4.78 is 15.3. The number of nitro benzene ring substituents is 1. The average Bonchev–Trinajstić information content (AvgIpc) is 2.68. The normalized spacial score (nSPS) is 11.2. The summed E-state index contributed by atoms with van der Waals surface area (Å²) in [5, 5.41) is 13.1. The van der Waals surface area contributed by atoms with Crippen LogP contribution in [0.3, 0.4) is 0 Å². The molecule has 1 unspecified atom stereocenters. The van der Waals surface area contributed by atoms with Crippen molar-refractivity contribution in [2.24, 2.45) is 0 Å². The molecule has 1 atom stereocenters. The van der Waals surface area contributed by atoms with E-state index in [1.165, 1.54) is 26.2 Å². The number of ether oxygens (including phenoxy) is 3. The average molecular weight is 409 g/mol. The van der Waals surface area contributed by atoms with E-state index in [1.54, 1.807) is 24.3 Å². The predicted molar refractivity (Wildman–Crippen MR) is 101 cm³/mol. The van der Waals surface area contributed by atoms with Gasteiger partial charge < -0.3 is 19.5 Å². The van der Waals surface area contributed by atoms with Crippen LogP contribution in [-0.2, 0) is 14.3 Å². The molecule has 2 aromatic carbocycles. The maximum absolute atomic E-state index is 12.1. The minimum Gasteiger partial charge on any atom is -0.497 e. The molecule has 148 valence electrons. The van der Waals surface area contributed by atoms with Crippen LogP contribution < -0.4 is 14.8 Å². The highest BCUT2D eigenvalue weighted by atomic mass is 35.5. The van der Waals surface area contributed by atoms with Crippen molar-refractivity contribution in [3.8, 4) is 11.5 Å². The van der Waals surface area contributed by atoms with Gasteiger partial charge in [-0.25, -0.2) is 4.79 Å². The van der Waals surface area contributed by atoms with E-state index >= 15 is 0 Å². The standard InChI is InChI=1S/C18H17ClN2O7/c1-11(18(23)20-16-8-3-12(21(24)25)9-15(16)19)28-17(22)10-27-14-6-4-13(26-2)5-7-14/h3-9,11H,10H2,1-2H3,(H,20,23). The molecule has 28 heavy (non-hydrogen) atoms. The van der Waals surface area contributed by atoms with Crippen LogP contribution in [0.4, 0.5) is 11.4 Å². The SMILES string of the molecule is COc1ccc(OCC(=O)OC(C)C(=O)Nc2ccc([N+](=O)[O-])cc2Cl)cc1. The number of nitro groups is 1. The number of amides is 1. The van der Waals surface area contributed by atoms with Crippen LogP contribution >= 0.6 is 11.6 Å². The summed E-state index contributed by atoms with van der Waals surface area (Å²) in [6, 6.07) is 10.2. The Morgan fingerprint density at radius 2 is 1.82 bits per heavy atom. The highest BCUT2D eigenvalue weighted by Gasteiger charge is 2.20. The first-order chi connectivity index (χ1) is 13.3. The molecule has 0 aliphatic carbocycles. The van der Waals surface area contributed by atoms with E-state index in [9.17, 15) is 19.7 Å². The third-order valence-electron chi connectivity index (χ3n) is 3.51. The molecule has 10 heteroatoms. The molecule has 0 saturated carbocycles. The van der Waals surface area contributed by atoms with Gasteiger partial charge in [-0.3, -0.25) is 14.9 Å². The number of carbonyl (C=O) groups excluding carboxylic acids is 2. The van der Waals surface area contributed by atoms with E-state index in [1.807, 2.05) is 0 Å². The lowest BCUT2D eigenvalue weighted by Crippen LogP contribution is -2.31. The van der Waals surface area contributed by atoms with Crippen molar-refractivity contribution in [3.05, 3.63) is 57.6 Å². The molecule has 0 aliphatic heterocycles. The fraction of sp³-hybridized carbons (Fsp3) is 0.222. The first-order valence-electron chi connectivity index (χ1n) is 8.01. The highest BCUT2D eigenvalue weighted by Crippen LogP contribution is 2.26. The molecule has 1 amide bonds. The van der Waals surface area contributed by atoms with Gasteiger partial charge in [0.1, 0.15) is 11.5 Å². The van der Waals surface area contributed by atoms with Crippen molar-refractivity contribution in [2.75, 3.05) is 19.0 Å². The molecule has 2 rings (SSSR count). The maximum atomic E-state index is 12.1. The summed E-state index contributed by atoms with van der Waals surface area (Å²) in [5.74, 6) is -0.306. The second-order valence-corrected chi connectivity index (χ2v) is 5.91. The number of anilines is 1. The number of non-ortho nitro benzene ring substituents is 1. The zero-order valence-corrected chi connectivity index (χ0v) is 15.8. The van der Waals surface area contributed by atoms with Crippen LogP contribution in [0, 0.1) is 10.1 Å². The van der Waals surface area contributed by atoms with Gasteiger partial charge in [-0.15, -0.1) is 0 Å². The molecular weight excluding hydrogens is 392 g/mol.